The lowest BCUT2D eigenvalue weighted by Gasteiger charge is -2.21. The molecule has 0 aromatic heterocycles. The van der Waals surface area contributed by atoms with Gasteiger partial charge in [0.15, 0.2) is 0 Å². The largest absolute Gasteiger partial charge is 0.468 e. The standard InChI is InChI=1S/C23H37N3O5S2/c1-23(2,3)31-22(29)33-18-12-17(25-14-18)13-24-16-8-6-7-15(11-16)20(27)26-19(9-10-32-5)21(28)30-4/h6-8,11,17-20,24-27H,9-10,12-14H2,1-5H3/t17-,18-,19?,20?/m0/s1. The summed E-state index contributed by atoms with van der Waals surface area (Å²) in [7, 11) is 1.35. The van der Waals surface area contributed by atoms with Crippen LogP contribution >= 0.6 is 23.5 Å². The van der Waals surface area contributed by atoms with Crippen LogP contribution in [0.2, 0.25) is 0 Å². The maximum Gasteiger partial charge on any atom is 0.368 e. The van der Waals surface area contributed by atoms with Gasteiger partial charge in [-0.05, 0) is 75.1 Å². The van der Waals surface area contributed by atoms with Gasteiger partial charge >= 0.3 is 11.3 Å². The van der Waals surface area contributed by atoms with E-state index in [0.29, 0.717) is 18.5 Å². The zero-order chi connectivity index (χ0) is 24.4. The molecule has 1 aliphatic rings. The van der Waals surface area contributed by atoms with Crippen LogP contribution < -0.4 is 16.0 Å². The number of carbonyl (C=O) groups excluding carboxylic acids is 2. The lowest BCUT2D eigenvalue weighted by molar-refractivity contribution is -0.144. The molecular weight excluding hydrogens is 462 g/mol. The van der Waals surface area contributed by atoms with Crippen molar-refractivity contribution in [3.8, 4) is 0 Å². The number of hydrogen-bond acceptors (Lipinski definition) is 10. The third kappa shape index (κ3) is 10.1. The van der Waals surface area contributed by atoms with E-state index >= 15 is 0 Å². The molecule has 1 heterocycles. The summed E-state index contributed by atoms with van der Waals surface area (Å²) in [4.78, 5) is 24.0. The summed E-state index contributed by atoms with van der Waals surface area (Å²) in [6.45, 7) is 7.04. The van der Waals surface area contributed by atoms with Crippen LogP contribution in [0.5, 0.6) is 0 Å². The van der Waals surface area contributed by atoms with Gasteiger partial charge in [-0.2, -0.15) is 11.8 Å². The van der Waals surface area contributed by atoms with E-state index in [1.807, 2.05) is 51.3 Å². The predicted molar refractivity (Wildman–Crippen MR) is 136 cm³/mol. The van der Waals surface area contributed by atoms with Gasteiger partial charge in [0.1, 0.15) is 17.9 Å². The Balaban J connectivity index is 1.85. The van der Waals surface area contributed by atoms with Gasteiger partial charge in [-0.15, -0.1) is 0 Å². The molecule has 10 heteroatoms. The summed E-state index contributed by atoms with van der Waals surface area (Å²) in [5.74, 6) is 0.395. The van der Waals surface area contributed by atoms with Crippen molar-refractivity contribution >= 4 is 40.5 Å². The minimum absolute atomic E-state index is 0.181. The van der Waals surface area contributed by atoms with Crippen LogP contribution in [0.4, 0.5) is 10.5 Å². The molecule has 186 valence electrons. The van der Waals surface area contributed by atoms with Crippen LogP contribution in [-0.4, -0.2) is 71.5 Å². The molecule has 1 fully saturated rings. The van der Waals surface area contributed by atoms with Gasteiger partial charge in [0.25, 0.3) is 0 Å². The number of nitrogens with one attached hydrogen (secondary N) is 3. The van der Waals surface area contributed by atoms with Crippen molar-refractivity contribution < 1.29 is 24.2 Å². The first-order chi connectivity index (χ1) is 15.6. The van der Waals surface area contributed by atoms with Crippen LogP contribution in [0.3, 0.4) is 0 Å². The van der Waals surface area contributed by atoms with Gasteiger partial charge in [-0.1, -0.05) is 12.1 Å². The van der Waals surface area contributed by atoms with Crippen LogP contribution in [0.15, 0.2) is 24.3 Å². The first-order valence-electron chi connectivity index (χ1n) is 11.1. The Bertz CT molecular complexity index is 775. The molecule has 0 saturated carbocycles. The predicted octanol–water partition coefficient (Wildman–Crippen LogP) is 3.37. The molecule has 1 aromatic carbocycles. The Morgan fingerprint density at radius 2 is 2.09 bits per heavy atom. The zero-order valence-electron chi connectivity index (χ0n) is 20.1. The summed E-state index contributed by atoms with van der Waals surface area (Å²) in [5.41, 5.74) is 1.06. The summed E-state index contributed by atoms with van der Waals surface area (Å²) >= 11 is 2.88. The number of methoxy groups -OCH3 is 1. The normalized spacial score (nSPS) is 20.2. The van der Waals surface area contributed by atoms with E-state index in [9.17, 15) is 14.7 Å². The minimum Gasteiger partial charge on any atom is -0.468 e. The van der Waals surface area contributed by atoms with E-state index in [-0.39, 0.29) is 22.6 Å². The van der Waals surface area contributed by atoms with Gasteiger partial charge in [-0.3, -0.25) is 10.1 Å². The number of aliphatic hydroxyl groups is 1. The number of aliphatic hydroxyl groups excluding tert-OH is 1. The highest BCUT2D eigenvalue weighted by Crippen LogP contribution is 2.26. The van der Waals surface area contributed by atoms with Crippen LogP contribution in [0, 0.1) is 0 Å². The third-order valence-electron chi connectivity index (χ3n) is 5.04. The number of thioether (sulfide) groups is 2. The van der Waals surface area contributed by atoms with E-state index in [1.165, 1.54) is 18.9 Å². The lowest BCUT2D eigenvalue weighted by Crippen LogP contribution is -2.40. The monoisotopic (exact) mass is 499 g/mol. The van der Waals surface area contributed by atoms with Gasteiger partial charge < -0.3 is 25.2 Å². The number of rotatable bonds is 11. The molecule has 33 heavy (non-hydrogen) atoms. The highest BCUT2D eigenvalue weighted by molar-refractivity contribution is 8.13. The summed E-state index contributed by atoms with van der Waals surface area (Å²) < 4.78 is 10.2. The SMILES string of the molecule is COC(=O)C(CCSC)NC(O)c1cccc(NC[C@@H]2C[C@H](SC(=O)OC(C)(C)C)CN2)c1. The second kappa shape index (κ2) is 13.4. The van der Waals surface area contributed by atoms with Crippen molar-refractivity contribution in [1.29, 1.82) is 0 Å². The van der Waals surface area contributed by atoms with Crippen molar-refractivity contribution in [2.24, 2.45) is 0 Å². The summed E-state index contributed by atoms with van der Waals surface area (Å²) in [6.07, 6.45) is 2.41. The zero-order valence-corrected chi connectivity index (χ0v) is 21.7. The van der Waals surface area contributed by atoms with Gasteiger partial charge in [-0.25, -0.2) is 4.79 Å². The highest BCUT2D eigenvalue weighted by Gasteiger charge is 2.28. The van der Waals surface area contributed by atoms with Gasteiger partial charge in [0.05, 0.1) is 7.11 Å². The molecule has 8 nitrogen and oxygen atoms in total. The van der Waals surface area contributed by atoms with Crippen molar-refractivity contribution in [3.05, 3.63) is 29.8 Å². The van der Waals surface area contributed by atoms with E-state index in [0.717, 1.165) is 24.4 Å². The van der Waals surface area contributed by atoms with Crippen LogP contribution in [0.1, 0.15) is 45.4 Å². The Kier molecular flexibility index (Phi) is 11.3. The first-order valence-corrected chi connectivity index (χ1v) is 13.4. The maximum absolute atomic E-state index is 12.0. The molecule has 0 amide bonds. The molecule has 1 aliphatic heterocycles. The molecule has 4 N–H and O–H groups in total. The van der Waals surface area contributed by atoms with Crippen molar-refractivity contribution in [2.75, 3.05) is 37.5 Å². The molecule has 4 atom stereocenters. The number of ether oxygens (including phenoxy) is 2. The van der Waals surface area contributed by atoms with Crippen LogP contribution in [-0.2, 0) is 14.3 Å². The molecule has 0 radical (unpaired) electrons. The Hall–Kier alpha value is -1.46. The summed E-state index contributed by atoms with van der Waals surface area (Å²) in [6, 6.07) is 7.13. The lowest BCUT2D eigenvalue weighted by atomic mass is 10.1. The molecular formula is C23H37N3O5S2. The quantitative estimate of drug-likeness (QED) is 0.267. The fourth-order valence-corrected chi connectivity index (χ4v) is 4.98. The number of hydrogen-bond donors (Lipinski definition) is 4. The minimum atomic E-state index is -0.989. The number of esters is 1. The van der Waals surface area contributed by atoms with E-state index in [2.05, 4.69) is 16.0 Å². The van der Waals surface area contributed by atoms with Crippen molar-refractivity contribution in [1.82, 2.24) is 10.6 Å². The number of carbonyl (C=O) groups is 2. The summed E-state index contributed by atoms with van der Waals surface area (Å²) in [5, 5.41) is 20.4. The van der Waals surface area contributed by atoms with Gasteiger partial charge in [0, 0.05) is 30.1 Å². The fourth-order valence-electron chi connectivity index (χ4n) is 3.43. The Morgan fingerprint density at radius 3 is 2.76 bits per heavy atom. The number of anilines is 1. The van der Waals surface area contributed by atoms with Gasteiger partial charge in [0.2, 0.25) is 0 Å². The fraction of sp³-hybridized carbons (Fsp3) is 0.652. The molecule has 2 rings (SSSR count). The second-order valence-corrected chi connectivity index (χ2v) is 11.2. The molecule has 2 unspecified atom stereocenters. The van der Waals surface area contributed by atoms with E-state index in [1.54, 1.807) is 11.8 Å². The molecule has 0 aliphatic carbocycles. The Labute approximate surface area is 205 Å². The number of benzene rings is 1. The maximum atomic E-state index is 12.0. The average molecular weight is 500 g/mol. The topological polar surface area (TPSA) is 109 Å². The Morgan fingerprint density at radius 1 is 1.33 bits per heavy atom. The average Bonchev–Trinajstić information content (AvgIpc) is 3.20. The highest BCUT2D eigenvalue weighted by atomic mass is 32.2. The molecule has 0 spiro atoms. The van der Waals surface area contributed by atoms with E-state index in [4.69, 9.17) is 9.47 Å². The second-order valence-electron chi connectivity index (χ2n) is 8.98. The third-order valence-corrected chi connectivity index (χ3v) is 6.66. The molecule has 0 bridgehead atoms. The van der Waals surface area contributed by atoms with Crippen LogP contribution in [0.25, 0.3) is 0 Å². The molecule has 1 saturated heterocycles. The molecule has 1 aromatic rings. The smallest absolute Gasteiger partial charge is 0.368 e. The van der Waals surface area contributed by atoms with Crippen molar-refractivity contribution in [2.45, 2.75) is 62.8 Å². The van der Waals surface area contributed by atoms with Crippen molar-refractivity contribution in [3.63, 3.8) is 0 Å². The first kappa shape index (κ1) is 27.8. The van der Waals surface area contributed by atoms with E-state index < -0.39 is 17.9 Å².